The first-order valence-electron chi connectivity index (χ1n) is 6.06. The summed E-state index contributed by atoms with van der Waals surface area (Å²) in [4.78, 5) is 34.2. The number of allylic oxidation sites excluding steroid dienone is 3. The van der Waals surface area contributed by atoms with Crippen molar-refractivity contribution in [2.45, 2.75) is 6.42 Å². The highest BCUT2D eigenvalue weighted by atomic mass is 16.4. The van der Waals surface area contributed by atoms with Crippen molar-refractivity contribution < 1.29 is 29.7 Å². The third kappa shape index (κ3) is 2.31. The Balaban J connectivity index is 2.60. The molecule has 2 rings (SSSR count). The van der Waals surface area contributed by atoms with E-state index in [1.165, 1.54) is 6.08 Å². The number of carboxylic acid groups (broad SMARTS) is 3. The van der Waals surface area contributed by atoms with E-state index in [0.717, 1.165) is 6.08 Å². The lowest BCUT2D eigenvalue weighted by molar-refractivity contribution is -0.163. The molecular formula is C15H12O6. The van der Waals surface area contributed by atoms with Crippen molar-refractivity contribution in [3.05, 3.63) is 53.6 Å². The Bertz CT molecular complexity index is 655. The van der Waals surface area contributed by atoms with E-state index in [4.69, 9.17) is 5.11 Å². The Labute approximate surface area is 119 Å². The molecule has 1 aliphatic rings. The molecule has 6 nitrogen and oxygen atoms in total. The van der Waals surface area contributed by atoms with Gasteiger partial charge in [-0.05, 0) is 17.2 Å². The topological polar surface area (TPSA) is 112 Å². The van der Waals surface area contributed by atoms with Gasteiger partial charge in [0.25, 0.3) is 0 Å². The Morgan fingerprint density at radius 3 is 1.95 bits per heavy atom. The summed E-state index contributed by atoms with van der Waals surface area (Å²) in [6, 6.07) is 8.65. The number of carboxylic acids is 3. The number of rotatable bonds is 4. The molecule has 0 saturated carbocycles. The zero-order valence-corrected chi connectivity index (χ0v) is 10.8. The predicted molar refractivity (Wildman–Crippen MR) is 72.5 cm³/mol. The maximum Gasteiger partial charge on any atom is 0.333 e. The average molecular weight is 288 g/mol. The first-order valence-corrected chi connectivity index (χ1v) is 6.06. The fraction of sp³-hybridized carbons (Fsp3) is 0.133. The van der Waals surface area contributed by atoms with E-state index in [2.05, 4.69) is 0 Å². The van der Waals surface area contributed by atoms with Crippen molar-refractivity contribution in [2.24, 2.45) is 5.41 Å². The molecule has 21 heavy (non-hydrogen) atoms. The quantitative estimate of drug-likeness (QED) is 0.726. The van der Waals surface area contributed by atoms with Crippen molar-refractivity contribution in [1.29, 1.82) is 0 Å². The molecule has 0 saturated heterocycles. The molecule has 0 atom stereocenters. The molecule has 1 aliphatic carbocycles. The van der Waals surface area contributed by atoms with Crippen LogP contribution in [0.5, 0.6) is 0 Å². The molecule has 0 aliphatic heterocycles. The van der Waals surface area contributed by atoms with Gasteiger partial charge in [-0.3, -0.25) is 9.59 Å². The smallest absolute Gasteiger partial charge is 0.333 e. The molecule has 0 fully saturated rings. The molecule has 0 bridgehead atoms. The maximum absolute atomic E-state index is 11.5. The fourth-order valence-electron chi connectivity index (χ4n) is 2.34. The number of aliphatic carboxylic acids is 3. The van der Waals surface area contributed by atoms with Gasteiger partial charge in [-0.15, -0.1) is 0 Å². The van der Waals surface area contributed by atoms with Gasteiger partial charge in [0.15, 0.2) is 0 Å². The summed E-state index contributed by atoms with van der Waals surface area (Å²) in [5.74, 6) is -4.93. The second-order valence-corrected chi connectivity index (χ2v) is 4.64. The Kier molecular flexibility index (Phi) is 3.62. The summed E-state index contributed by atoms with van der Waals surface area (Å²) >= 11 is 0. The monoisotopic (exact) mass is 288 g/mol. The second kappa shape index (κ2) is 5.24. The minimum Gasteiger partial charge on any atom is -0.480 e. The zero-order chi connectivity index (χ0) is 15.6. The normalized spacial score (nSPS) is 16.6. The number of benzene rings is 1. The standard InChI is InChI=1S/C15H12O6/c16-12(17)11-7-6-10(9-4-2-1-3-5-9)8-15(11,13(18)19)14(20)21/h1-7H,8H2,(H,16,17)(H,18,19)(H,20,21). The molecule has 1 aromatic carbocycles. The minimum atomic E-state index is -2.48. The van der Waals surface area contributed by atoms with E-state index in [-0.39, 0.29) is 0 Å². The van der Waals surface area contributed by atoms with Crippen LogP contribution in [0.15, 0.2) is 48.1 Å². The highest BCUT2D eigenvalue weighted by Gasteiger charge is 2.54. The lowest BCUT2D eigenvalue weighted by Gasteiger charge is -2.29. The van der Waals surface area contributed by atoms with Crippen LogP contribution in [0, 0.1) is 5.41 Å². The summed E-state index contributed by atoms with van der Waals surface area (Å²) in [6.45, 7) is 0. The zero-order valence-electron chi connectivity index (χ0n) is 10.8. The molecule has 0 heterocycles. The minimum absolute atomic E-state index is 0.417. The molecule has 1 aromatic rings. The average Bonchev–Trinajstić information content (AvgIpc) is 2.46. The van der Waals surface area contributed by atoms with Gasteiger partial charge >= 0.3 is 17.9 Å². The van der Waals surface area contributed by atoms with Gasteiger partial charge in [-0.25, -0.2) is 4.79 Å². The molecule has 0 radical (unpaired) electrons. The van der Waals surface area contributed by atoms with Crippen LogP contribution in [0.25, 0.3) is 5.57 Å². The lowest BCUT2D eigenvalue weighted by atomic mass is 9.71. The predicted octanol–water partition coefficient (Wildman–Crippen LogP) is 1.64. The van der Waals surface area contributed by atoms with Gasteiger partial charge in [0.1, 0.15) is 0 Å². The van der Waals surface area contributed by atoms with Crippen molar-refractivity contribution >= 4 is 23.5 Å². The summed E-state index contributed by atoms with van der Waals surface area (Å²) in [7, 11) is 0. The van der Waals surface area contributed by atoms with Gasteiger partial charge in [0.2, 0.25) is 5.41 Å². The van der Waals surface area contributed by atoms with Crippen molar-refractivity contribution in [1.82, 2.24) is 0 Å². The van der Waals surface area contributed by atoms with E-state index >= 15 is 0 Å². The van der Waals surface area contributed by atoms with Gasteiger partial charge in [-0.1, -0.05) is 36.4 Å². The second-order valence-electron chi connectivity index (χ2n) is 4.64. The van der Waals surface area contributed by atoms with E-state index < -0.39 is 35.3 Å². The van der Waals surface area contributed by atoms with E-state index in [0.29, 0.717) is 11.1 Å². The number of hydrogen-bond donors (Lipinski definition) is 3. The first kappa shape index (κ1) is 14.5. The fourth-order valence-corrected chi connectivity index (χ4v) is 2.34. The summed E-state index contributed by atoms with van der Waals surface area (Å²) < 4.78 is 0. The molecule has 0 aromatic heterocycles. The number of carbonyl (C=O) groups is 3. The van der Waals surface area contributed by atoms with Gasteiger partial charge in [0, 0.05) is 6.42 Å². The SMILES string of the molecule is O=C(O)C1=CC=C(c2ccccc2)CC1(C(=O)O)C(=O)O. The van der Waals surface area contributed by atoms with Crippen LogP contribution in [-0.2, 0) is 14.4 Å². The maximum atomic E-state index is 11.5. The Morgan fingerprint density at radius 2 is 1.48 bits per heavy atom. The Morgan fingerprint density at radius 1 is 0.905 bits per heavy atom. The summed E-state index contributed by atoms with van der Waals surface area (Å²) in [6.07, 6.45) is 2.08. The van der Waals surface area contributed by atoms with Crippen LogP contribution in [0.2, 0.25) is 0 Å². The Hall–Kier alpha value is -2.89. The van der Waals surface area contributed by atoms with Crippen molar-refractivity contribution in [3.63, 3.8) is 0 Å². The van der Waals surface area contributed by atoms with Crippen LogP contribution in [0.4, 0.5) is 0 Å². The molecule has 0 unspecified atom stereocenters. The van der Waals surface area contributed by atoms with Crippen molar-refractivity contribution in [2.75, 3.05) is 0 Å². The van der Waals surface area contributed by atoms with Crippen LogP contribution >= 0.6 is 0 Å². The molecule has 6 heteroatoms. The van der Waals surface area contributed by atoms with Crippen LogP contribution < -0.4 is 0 Å². The third-order valence-corrected chi connectivity index (χ3v) is 3.47. The van der Waals surface area contributed by atoms with E-state index in [1.807, 2.05) is 0 Å². The first-order chi connectivity index (χ1) is 9.89. The van der Waals surface area contributed by atoms with Crippen LogP contribution in [0.1, 0.15) is 12.0 Å². The van der Waals surface area contributed by atoms with Crippen LogP contribution in [-0.4, -0.2) is 33.2 Å². The molecule has 3 N–H and O–H groups in total. The largest absolute Gasteiger partial charge is 0.480 e. The highest BCUT2D eigenvalue weighted by Crippen LogP contribution is 2.42. The van der Waals surface area contributed by atoms with E-state index in [1.54, 1.807) is 30.3 Å². The highest BCUT2D eigenvalue weighted by molar-refractivity contribution is 6.12. The van der Waals surface area contributed by atoms with Crippen LogP contribution in [0.3, 0.4) is 0 Å². The lowest BCUT2D eigenvalue weighted by Crippen LogP contribution is -2.44. The molecule has 0 spiro atoms. The summed E-state index contributed by atoms with van der Waals surface area (Å²) in [5.41, 5.74) is -2.01. The third-order valence-electron chi connectivity index (χ3n) is 3.47. The van der Waals surface area contributed by atoms with Crippen molar-refractivity contribution in [3.8, 4) is 0 Å². The summed E-state index contributed by atoms with van der Waals surface area (Å²) in [5, 5.41) is 27.8. The van der Waals surface area contributed by atoms with Gasteiger partial charge in [-0.2, -0.15) is 0 Å². The molecule has 108 valence electrons. The van der Waals surface area contributed by atoms with Gasteiger partial charge in [0.05, 0.1) is 5.57 Å². The molecule has 0 amide bonds. The molecular weight excluding hydrogens is 276 g/mol. The number of hydrogen-bond acceptors (Lipinski definition) is 3. The van der Waals surface area contributed by atoms with E-state index in [9.17, 15) is 24.6 Å². The van der Waals surface area contributed by atoms with Gasteiger partial charge < -0.3 is 15.3 Å².